The zero-order chi connectivity index (χ0) is 50.6. The van der Waals surface area contributed by atoms with Crippen LogP contribution < -0.4 is 0 Å². The number of unbranched alkanes of at least 4 members (excludes halogenated alkanes) is 33. The molecule has 0 spiro atoms. The number of nitrogens with zero attached hydrogens (tertiary/aromatic N) is 1. The second-order valence-corrected chi connectivity index (χ2v) is 21.0. The lowest BCUT2D eigenvalue weighted by molar-refractivity contribution is -0.870. The van der Waals surface area contributed by atoms with E-state index in [1.54, 1.807) is 0 Å². The van der Waals surface area contributed by atoms with Crippen molar-refractivity contribution < 1.29 is 42.9 Å². The van der Waals surface area contributed by atoms with Crippen LogP contribution in [0.15, 0.2) is 36.5 Å². The number of allylic oxidation sites excluding steroid dienone is 6. The van der Waals surface area contributed by atoms with Gasteiger partial charge in [0.25, 0.3) is 6.29 Å². The van der Waals surface area contributed by atoms with Crippen LogP contribution in [-0.4, -0.2) is 87.4 Å². The molecule has 2 unspecified atom stereocenters. The highest BCUT2D eigenvalue weighted by Gasteiger charge is 2.25. The first-order chi connectivity index (χ1) is 33.6. The van der Waals surface area contributed by atoms with Crippen LogP contribution in [0.4, 0.5) is 0 Å². The lowest BCUT2D eigenvalue weighted by atomic mass is 10.0. The molecule has 9 nitrogen and oxygen atoms in total. The Morgan fingerprint density at radius 1 is 0.435 bits per heavy atom. The number of carbonyl (C=O) groups is 3. The number of carboxylic acids is 1. The monoisotopic (exact) mass is 975 g/mol. The van der Waals surface area contributed by atoms with Crippen molar-refractivity contribution >= 4 is 17.9 Å². The first-order valence-electron chi connectivity index (χ1n) is 29.2. The number of rotatable bonds is 54. The van der Waals surface area contributed by atoms with Crippen molar-refractivity contribution in [2.75, 3.05) is 47.5 Å². The Balaban J connectivity index is 3.77. The van der Waals surface area contributed by atoms with Gasteiger partial charge in [-0.1, -0.05) is 243 Å². The molecule has 0 aromatic heterocycles. The molecule has 0 aromatic carbocycles. The molecule has 2 atom stereocenters. The maximum absolute atomic E-state index is 12.8. The van der Waals surface area contributed by atoms with E-state index in [0.29, 0.717) is 17.4 Å². The summed E-state index contributed by atoms with van der Waals surface area (Å²) in [6, 6.07) is 0. The maximum atomic E-state index is 12.8. The summed E-state index contributed by atoms with van der Waals surface area (Å²) >= 11 is 0. The molecule has 1 N–H and O–H groups in total. The summed E-state index contributed by atoms with van der Waals surface area (Å²) in [5, 5.41) is 9.61. The standard InChI is InChI=1S/C60H111NO8/c1-6-8-10-12-13-14-15-16-17-18-19-20-21-22-23-24-25-26-27-28-29-30-31-32-33-34-35-36-37-38-39-40-41-42-43-44-45-47-49-51-58(63)69-56(54-67-57(62)50-48-46-11-9-7-2)55-68-60(59(64)65)66-53-52-61(3,4)5/h15-16,18-19,21-22,56,60H,6-14,17,20,23-55H2,1-5H3/p+1/b16-15-,19-18-,22-21-. The Kier molecular flexibility index (Phi) is 50.0. The van der Waals surface area contributed by atoms with E-state index in [-0.39, 0.29) is 32.2 Å². The van der Waals surface area contributed by atoms with Gasteiger partial charge in [-0.2, -0.15) is 0 Å². The molecule has 0 saturated heterocycles. The average molecular weight is 976 g/mol. The van der Waals surface area contributed by atoms with Crippen molar-refractivity contribution in [2.45, 2.75) is 283 Å². The Bertz CT molecular complexity index is 1230. The second-order valence-electron chi connectivity index (χ2n) is 21.0. The molecule has 0 aliphatic rings. The number of likely N-dealkylation sites (N-methyl/N-ethyl adjacent to an activating group) is 1. The fourth-order valence-corrected chi connectivity index (χ4v) is 8.38. The molecule has 404 valence electrons. The van der Waals surface area contributed by atoms with Crippen LogP contribution in [0, 0.1) is 0 Å². The summed E-state index contributed by atoms with van der Waals surface area (Å²) in [6.07, 6.45) is 60.3. The van der Waals surface area contributed by atoms with Crippen LogP contribution in [0.3, 0.4) is 0 Å². The van der Waals surface area contributed by atoms with Crippen LogP contribution in [0.1, 0.15) is 271 Å². The van der Waals surface area contributed by atoms with Gasteiger partial charge in [-0.25, -0.2) is 4.79 Å². The number of quaternary nitrogens is 1. The Hall–Kier alpha value is -2.49. The number of esters is 2. The summed E-state index contributed by atoms with van der Waals surface area (Å²) in [4.78, 5) is 36.9. The number of carboxylic acid groups (broad SMARTS) is 1. The molecule has 0 aliphatic heterocycles. The molecule has 0 amide bonds. The van der Waals surface area contributed by atoms with Gasteiger partial charge in [-0.3, -0.25) is 9.59 Å². The molecule has 69 heavy (non-hydrogen) atoms. The average Bonchev–Trinajstić information content (AvgIpc) is 3.31. The summed E-state index contributed by atoms with van der Waals surface area (Å²) < 4.78 is 22.6. The quantitative estimate of drug-likeness (QED) is 0.0211. The minimum atomic E-state index is -1.50. The van der Waals surface area contributed by atoms with E-state index >= 15 is 0 Å². The number of hydrogen-bond acceptors (Lipinski definition) is 7. The van der Waals surface area contributed by atoms with Gasteiger partial charge in [0.05, 0.1) is 34.4 Å². The van der Waals surface area contributed by atoms with Gasteiger partial charge in [-0.15, -0.1) is 0 Å². The van der Waals surface area contributed by atoms with Crippen molar-refractivity contribution in [3.05, 3.63) is 36.5 Å². The highest BCUT2D eigenvalue weighted by Crippen LogP contribution is 2.17. The molecule has 0 radical (unpaired) electrons. The lowest BCUT2D eigenvalue weighted by Crippen LogP contribution is -2.40. The van der Waals surface area contributed by atoms with Gasteiger partial charge >= 0.3 is 17.9 Å². The maximum Gasteiger partial charge on any atom is 0.361 e. The summed E-state index contributed by atoms with van der Waals surface area (Å²) in [5.41, 5.74) is 0. The van der Waals surface area contributed by atoms with Gasteiger partial charge in [0.15, 0.2) is 6.10 Å². The van der Waals surface area contributed by atoms with E-state index in [1.165, 1.54) is 180 Å². The van der Waals surface area contributed by atoms with Crippen LogP contribution in [0.5, 0.6) is 0 Å². The molecule has 0 fully saturated rings. The molecule has 0 aromatic rings. The Morgan fingerprint density at radius 2 is 0.783 bits per heavy atom. The first kappa shape index (κ1) is 66.5. The molecule has 0 heterocycles. The van der Waals surface area contributed by atoms with Gasteiger partial charge in [0.1, 0.15) is 13.2 Å². The molecule has 0 bridgehead atoms. The third-order valence-corrected chi connectivity index (χ3v) is 12.9. The van der Waals surface area contributed by atoms with Crippen LogP contribution >= 0.6 is 0 Å². The summed E-state index contributed by atoms with van der Waals surface area (Å²) in [5.74, 6) is -2.01. The highest BCUT2D eigenvalue weighted by molar-refractivity contribution is 5.71. The Morgan fingerprint density at radius 3 is 1.16 bits per heavy atom. The fourth-order valence-electron chi connectivity index (χ4n) is 8.38. The largest absolute Gasteiger partial charge is 0.477 e. The third kappa shape index (κ3) is 53.1. The van der Waals surface area contributed by atoms with Crippen molar-refractivity contribution in [3.8, 4) is 0 Å². The molecular formula is C60H112NO8+. The van der Waals surface area contributed by atoms with E-state index in [9.17, 15) is 19.5 Å². The van der Waals surface area contributed by atoms with Gasteiger partial charge in [-0.05, 0) is 51.4 Å². The zero-order valence-electron chi connectivity index (χ0n) is 46.0. The smallest absolute Gasteiger partial charge is 0.361 e. The molecule has 9 heteroatoms. The summed E-state index contributed by atoms with van der Waals surface area (Å²) in [6.45, 7) is 4.79. The highest BCUT2D eigenvalue weighted by atomic mass is 16.7. The van der Waals surface area contributed by atoms with Crippen molar-refractivity contribution in [3.63, 3.8) is 0 Å². The number of hydrogen-bond donors (Lipinski definition) is 1. The minimum Gasteiger partial charge on any atom is -0.477 e. The molecule has 0 saturated carbocycles. The molecule has 0 aliphatic carbocycles. The third-order valence-electron chi connectivity index (χ3n) is 12.9. The SMILES string of the molecule is CCCCCCC/C=C\C/C=C\C/C=C\CCCCCCCCCCCCCCCCCCCCCCCCCCC(=O)OC(COC(=O)CCCCCCC)COC(OCC[N+](C)(C)C)C(=O)O. The van der Waals surface area contributed by atoms with Crippen molar-refractivity contribution in [1.82, 2.24) is 0 Å². The van der Waals surface area contributed by atoms with Crippen molar-refractivity contribution in [1.29, 1.82) is 0 Å². The predicted molar refractivity (Wildman–Crippen MR) is 291 cm³/mol. The van der Waals surface area contributed by atoms with Gasteiger partial charge in [0, 0.05) is 12.8 Å². The molecular weight excluding hydrogens is 863 g/mol. The molecule has 0 rings (SSSR count). The van der Waals surface area contributed by atoms with E-state index in [4.69, 9.17) is 18.9 Å². The number of carbonyl (C=O) groups excluding carboxylic acids is 2. The lowest BCUT2D eigenvalue weighted by Gasteiger charge is -2.25. The van der Waals surface area contributed by atoms with E-state index in [2.05, 4.69) is 50.3 Å². The normalized spacial score (nSPS) is 13.0. The van der Waals surface area contributed by atoms with Gasteiger partial charge in [0.2, 0.25) is 0 Å². The van der Waals surface area contributed by atoms with E-state index in [0.717, 1.165) is 64.2 Å². The minimum absolute atomic E-state index is 0.179. The first-order valence-corrected chi connectivity index (χ1v) is 29.2. The van der Waals surface area contributed by atoms with Crippen LogP contribution in [-0.2, 0) is 33.3 Å². The topological polar surface area (TPSA) is 108 Å². The Labute approximate surface area is 426 Å². The van der Waals surface area contributed by atoms with E-state index < -0.39 is 24.3 Å². The number of ether oxygens (including phenoxy) is 4. The van der Waals surface area contributed by atoms with Crippen molar-refractivity contribution in [2.24, 2.45) is 0 Å². The second kappa shape index (κ2) is 51.9. The van der Waals surface area contributed by atoms with Crippen LogP contribution in [0.2, 0.25) is 0 Å². The van der Waals surface area contributed by atoms with Crippen LogP contribution in [0.25, 0.3) is 0 Å². The summed E-state index contributed by atoms with van der Waals surface area (Å²) in [7, 11) is 5.96. The fraction of sp³-hybridized carbons (Fsp3) is 0.850. The predicted octanol–water partition coefficient (Wildman–Crippen LogP) is 16.9. The van der Waals surface area contributed by atoms with Gasteiger partial charge < -0.3 is 28.5 Å². The zero-order valence-corrected chi connectivity index (χ0v) is 46.0. The number of aliphatic carboxylic acids is 1. The van der Waals surface area contributed by atoms with E-state index in [1.807, 2.05) is 21.1 Å².